The Bertz CT molecular complexity index is 249. The third-order valence-corrected chi connectivity index (χ3v) is 1.88. The van der Waals surface area contributed by atoms with Crippen molar-refractivity contribution in [1.82, 2.24) is 10.6 Å². The first-order valence-corrected chi connectivity index (χ1v) is 5.00. The zero-order valence-electron chi connectivity index (χ0n) is 8.61. The molecule has 1 heterocycles. The molecule has 0 spiro atoms. The molecule has 15 heavy (non-hydrogen) atoms. The van der Waals surface area contributed by atoms with E-state index in [1.807, 2.05) is 6.07 Å². The van der Waals surface area contributed by atoms with Gasteiger partial charge in [0, 0.05) is 26.2 Å². The fourth-order valence-electron chi connectivity index (χ4n) is 1.16. The highest BCUT2D eigenvalue weighted by atomic mass is 16.5. The average Bonchev–Trinajstić information content (AvgIpc) is 2.34. The van der Waals surface area contributed by atoms with E-state index in [4.69, 9.17) is 0 Å². The van der Waals surface area contributed by atoms with Crippen molar-refractivity contribution in [3.63, 3.8) is 0 Å². The second kappa shape index (κ2) is 7.96. The Kier molecular flexibility index (Phi) is 6.20. The van der Waals surface area contributed by atoms with Crippen molar-refractivity contribution in [2.24, 2.45) is 0 Å². The Labute approximate surface area is 89.6 Å². The highest BCUT2D eigenvalue weighted by Crippen LogP contribution is 2.05. The standard InChI is InChI=1S/C7H6O2.C4H10N2/c8-6-9-7-4-2-1-3-5-7;1-2-6-4-3-5-1/h1-6H;5-6H,1-4H2. The van der Waals surface area contributed by atoms with Gasteiger partial charge in [-0.15, -0.1) is 0 Å². The molecule has 1 saturated heterocycles. The Morgan fingerprint density at radius 3 is 1.93 bits per heavy atom. The summed E-state index contributed by atoms with van der Waals surface area (Å²) in [6, 6.07) is 8.90. The predicted octanol–water partition coefficient (Wildman–Crippen LogP) is 0.401. The lowest BCUT2D eigenvalue weighted by atomic mass is 10.3. The van der Waals surface area contributed by atoms with Crippen LogP contribution in [0.15, 0.2) is 30.3 Å². The van der Waals surface area contributed by atoms with Gasteiger partial charge in [0.2, 0.25) is 0 Å². The van der Waals surface area contributed by atoms with Crippen molar-refractivity contribution in [2.75, 3.05) is 26.2 Å². The lowest BCUT2D eigenvalue weighted by Crippen LogP contribution is -2.39. The van der Waals surface area contributed by atoms with Crippen molar-refractivity contribution in [3.05, 3.63) is 30.3 Å². The number of piperazine rings is 1. The molecule has 2 rings (SSSR count). The topological polar surface area (TPSA) is 50.4 Å². The molecule has 0 atom stereocenters. The van der Waals surface area contributed by atoms with Crippen LogP contribution in [0.4, 0.5) is 0 Å². The van der Waals surface area contributed by atoms with E-state index in [1.54, 1.807) is 24.3 Å². The van der Waals surface area contributed by atoms with Crippen LogP contribution in [0.5, 0.6) is 5.75 Å². The summed E-state index contributed by atoms with van der Waals surface area (Å²) < 4.78 is 4.53. The molecule has 0 aliphatic carbocycles. The third-order valence-electron chi connectivity index (χ3n) is 1.88. The summed E-state index contributed by atoms with van der Waals surface area (Å²) >= 11 is 0. The fraction of sp³-hybridized carbons (Fsp3) is 0.364. The number of hydrogen-bond donors (Lipinski definition) is 2. The molecule has 1 aliphatic heterocycles. The van der Waals surface area contributed by atoms with Crippen LogP contribution in [0.3, 0.4) is 0 Å². The van der Waals surface area contributed by atoms with Gasteiger partial charge in [-0.3, -0.25) is 4.79 Å². The van der Waals surface area contributed by atoms with E-state index in [9.17, 15) is 4.79 Å². The summed E-state index contributed by atoms with van der Waals surface area (Å²) in [5.74, 6) is 0.576. The molecule has 1 fully saturated rings. The van der Waals surface area contributed by atoms with E-state index in [2.05, 4.69) is 15.4 Å². The van der Waals surface area contributed by atoms with Crippen molar-refractivity contribution in [1.29, 1.82) is 0 Å². The quantitative estimate of drug-likeness (QED) is 0.691. The number of nitrogens with one attached hydrogen (secondary N) is 2. The van der Waals surface area contributed by atoms with Crippen LogP contribution in [0.1, 0.15) is 0 Å². The Balaban J connectivity index is 0.000000162. The third kappa shape index (κ3) is 5.83. The summed E-state index contributed by atoms with van der Waals surface area (Å²) in [5, 5.41) is 6.44. The van der Waals surface area contributed by atoms with Crippen molar-refractivity contribution < 1.29 is 9.53 Å². The van der Waals surface area contributed by atoms with E-state index in [0.29, 0.717) is 12.2 Å². The van der Waals surface area contributed by atoms with Crippen LogP contribution in [-0.4, -0.2) is 32.7 Å². The van der Waals surface area contributed by atoms with Gasteiger partial charge in [0.25, 0.3) is 6.47 Å². The van der Waals surface area contributed by atoms with Crippen LogP contribution >= 0.6 is 0 Å². The van der Waals surface area contributed by atoms with E-state index in [1.165, 1.54) is 0 Å². The molecule has 2 N–H and O–H groups in total. The lowest BCUT2D eigenvalue weighted by Gasteiger charge is -2.11. The highest BCUT2D eigenvalue weighted by Gasteiger charge is 1.91. The number of para-hydroxylation sites is 1. The lowest BCUT2D eigenvalue weighted by molar-refractivity contribution is -0.120. The van der Waals surface area contributed by atoms with Gasteiger partial charge >= 0.3 is 0 Å². The minimum Gasteiger partial charge on any atom is -0.429 e. The fourth-order valence-corrected chi connectivity index (χ4v) is 1.16. The van der Waals surface area contributed by atoms with E-state index in [-0.39, 0.29) is 0 Å². The molecule has 4 nitrogen and oxygen atoms in total. The molecule has 0 saturated carbocycles. The molecular formula is C11H16N2O2. The van der Waals surface area contributed by atoms with Crippen LogP contribution in [-0.2, 0) is 4.79 Å². The maximum Gasteiger partial charge on any atom is 0.298 e. The molecule has 0 bridgehead atoms. The normalized spacial score (nSPS) is 14.7. The minimum atomic E-state index is 0.412. The van der Waals surface area contributed by atoms with E-state index < -0.39 is 0 Å². The molecule has 1 aromatic rings. The molecule has 1 aliphatic rings. The monoisotopic (exact) mass is 208 g/mol. The zero-order chi connectivity index (χ0) is 10.8. The zero-order valence-corrected chi connectivity index (χ0v) is 8.61. The molecule has 0 aromatic heterocycles. The minimum absolute atomic E-state index is 0.412. The summed E-state index contributed by atoms with van der Waals surface area (Å²) in [6.45, 7) is 4.97. The van der Waals surface area contributed by atoms with Crippen LogP contribution in [0.25, 0.3) is 0 Å². The van der Waals surface area contributed by atoms with Crippen LogP contribution in [0, 0.1) is 0 Å². The molecular weight excluding hydrogens is 192 g/mol. The Hall–Kier alpha value is -1.39. The molecule has 1 aromatic carbocycles. The number of carbonyl (C=O) groups excluding carboxylic acids is 1. The second-order valence-electron chi connectivity index (χ2n) is 3.03. The summed E-state index contributed by atoms with van der Waals surface area (Å²) in [7, 11) is 0. The molecule has 82 valence electrons. The van der Waals surface area contributed by atoms with Crippen molar-refractivity contribution in [3.8, 4) is 5.75 Å². The average molecular weight is 208 g/mol. The van der Waals surface area contributed by atoms with Gasteiger partial charge in [0.15, 0.2) is 0 Å². The first-order valence-electron chi connectivity index (χ1n) is 5.00. The Morgan fingerprint density at radius 1 is 1.00 bits per heavy atom. The molecule has 0 unspecified atom stereocenters. The number of rotatable bonds is 2. The molecule has 0 amide bonds. The van der Waals surface area contributed by atoms with E-state index in [0.717, 1.165) is 26.2 Å². The summed E-state index contributed by atoms with van der Waals surface area (Å²) in [5.41, 5.74) is 0. The maximum atomic E-state index is 9.75. The van der Waals surface area contributed by atoms with Gasteiger partial charge < -0.3 is 15.4 Å². The van der Waals surface area contributed by atoms with Gasteiger partial charge in [-0.1, -0.05) is 18.2 Å². The second-order valence-corrected chi connectivity index (χ2v) is 3.03. The molecule has 0 radical (unpaired) electrons. The predicted molar refractivity (Wildman–Crippen MR) is 58.9 cm³/mol. The number of ether oxygens (including phenoxy) is 1. The van der Waals surface area contributed by atoms with Gasteiger partial charge in [-0.2, -0.15) is 0 Å². The van der Waals surface area contributed by atoms with Crippen molar-refractivity contribution >= 4 is 6.47 Å². The number of benzene rings is 1. The largest absolute Gasteiger partial charge is 0.429 e. The van der Waals surface area contributed by atoms with Gasteiger partial charge in [0.05, 0.1) is 0 Å². The summed E-state index contributed by atoms with van der Waals surface area (Å²) in [6.07, 6.45) is 0. The van der Waals surface area contributed by atoms with Gasteiger partial charge in [-0.25, -0.2) is 0 Å². The van der Waals surface area contributed by atoms with Gasteiger partial charge in [0.1, 0.15) is 5.75 Å². The first-order chi connectivity index (χ1) is 7.43. The van der Waals surface area contributed by atoms with Gasteiger partial charge in [-0.05, 0) is 12.1 Å². The van der Waals surface area contributed by atoms with Crippen molar-refractivity contribution in [2.45, 2.75) is 0 Å². The number of hydrogen-bond acceptors (Lipinski definition) is 4. The SMILES string of the molecule is C1CNCCN1.O=COc1ccccc1. The van der Waals surface area contributed by atoms with Crippen LogP contribution in [0.2, 0.25) is 0 Å². The molecule has 4 heteroatoms. The first kappa shape index (κ1) is 11.7. The highest BCUT2D eigenvalue weighted by molar-refractivity contribution is 5.44. The number of carbonyl (C=O) groups is 1. The van der Waals surface area contributed by atoms with E-state index >= 15 is 0 Å². The van der Waals surface area contributed by atoms with Crippen LogP contribution < -0.4 is 15.4 Å². The maximum absolute atomic E-state index is 9.75. The summed E-state index contributed by atoms with van der Waals surface area (Å²) in [4.78, 5) is 9.75. The Morgan fingerprint density at radius 2 is 1.53 bits per heavy atom. The smallest absolute Gasteiger partial charge is 0.298 e.